The van der Waals surface area contributed by atoms with Crippen LogP contribution in [0.2, 0.25) is 10.0 Å². The first-order chi connectivity index (χ1) is 8.15. The van der Waals surface area contributed by atoms with Crippen LogP contribution in [0.5, 0.6) is 0 Å². The molecule has 0 fully saturated rings. The number of carbonyl (C=O) groups excluding carboxylic acids is 1. The van der Waals surface area contributed by atoms with E-state index < -0.39 is 23.4 Å². The van der Waals surface area contributed by atoms with E-state index in [-0.39, 0.29) is 15.6 Å². The van der Waals surface area contributed by atoms with Gasteiger partial charge in [-0.25, -0.2) is 4.39 Å². The van der Waals surface area contributed by atoms with Gasteiger partial charge >= 0.3 is 0 Å². The highest BCUT2D eigenvalue weighted by molar-refractivity contribution is 6.36. The molecule has 1 aromatic carbocycles. The van der Waals surface area contributed by atoms with E-state index in [2.05, 4.69) is 5.32 Å². The molecular formula is C12H14Cl2FNO2. The average molecular weight is 294 g/mol. The van der Waals surface area contributed by atoms with E-state index in [0.717, 1.165) is 6.07 Å². The van der Waals surface area contributed by atoms with Crippen molar-refractivity contribution in [2.75, 3.05) is 0 Å². The summed E-state index contributed by atoms with van der Waals surface area (Å²) in [6.07, 6.45) is -0.766. The Morgan fingerprint density at radius 1 is 1.39 bits per heavy atom. The zero-order chi connectivity index (χ0) is 14.1. The number of halogens is 3. The molecule has 1 rings (SSSR count). The second kappa shape index (κ2) is 5.43. The van der Waals surface area contributed by atoms with Gasteiger partial charge in [-0.2, -0.15) is 0 Å². The molecule has 1 atom stereocenters. The van der Waals surface area contributed by atoms with Crippen LogP contribution in [0.1, 0.15) is 31.1 Å². The molecule has 0 heterocycles. The lowest BCUT2D eigenvalue weighted by atomic mass is 9.98. The maximum absolute atomic E-state index is 13.3. The molecule has 1 aromatic rings. The lowest BCUT2D eigenvalue weighted by Crippen LogP contribution is -2.51. The molecule has 1 unspecified atom stereocenters. The van der Waals surface area contributed by atoms with E-state index in [9.17, 15) is 14.3 Å². The monoisotopic (exact) mass is 293 g/mol. The number of benzene rings is 1. The first kappa shape index (κ1) is 15.2. The van der Waals surface area contributed by atoms with Crippen molar-refractivity contribution in [3.8, 4) is 0 Å². The van der Waals surface area contributed by atoms with Crippen LogP contribution in [-0.2, 0) is 0 Å². The molecule has 0 radical (unpaired) electrons. The number of aliphatic hydroxyl groups is 1. The Bertz CT molecular complexity index is 475. The molecule has 0 spiro atoms. The van der Waals surface area contributed by atoms with E-state index in [0.29, 0.717) is 0 Å². The van der Waals surface area contributed by atoms with Gasteiger partial charge in [0.15, 0.2) is 0 Å². The molecule has 0 aromatic heterocycles. The van der Waals surface area contributed by atoms with Crippen LogP contribution < -0.4 is 5.32 Å². The third-order valence-electron chi connectivity index (χ3n) is 2.73. The molecule has 1 amide bonds. The Morgan fingerprint density at radius 2 is 1.94 bits per heavy atom. The molecule has 0 saturated heterocycles. The Labute approximate surface area is 115 Å². The number of carbonyl (C=O) groups is 1. The van der Waals surface area contributed by atoms with Gasteiger partial charge in [-0.3, -0.25) is 4.79 Å². The van der Waals surface area contributed by atoms with Gasteiger partial charge in [-0.05, 0) is 32.9 Å². The van der Waals surface area contributed by atoms with E-state index in [1.54, 1.807) is 20.8 Å². The Kier molecular flexibility index (Phi) is 4.59. The fourth-order valence-corrected chi connectivity index (χ4v) is 1.63. The van der Waals surface area contributed by atoms with Crippen molar-refractivity contribution in [1.82, 2.24) is 5.32 Å². The molecular weight excluding hydrogens is 280 g/mol. The van der Waals surface area contributed by atoms with E-state index >= 15 is 0 Å². The van der Waals surface area contributed by atoms with Crippen molar-refractivity contribution in [2.45, 2.75) is 32.4 Å². The zero-order valence-corrected chi connectivity index (χ0v) is 11.7. The van der Waals surface area contributed by atoms with Crippen molar-refractivity contribution in [3.63, 3.8) is 0 Å². The largest absolute Gasteiger partial charge is 0.391 e. The topological polar surface area (TPSA) is 49.3 Å². The first-order valence-corrected chi connectivity index (χ1v) is 6.06. The summed E-state index contributed by atoms with van der Waals surface area (Å²) in [6, 6.07) is 2.14. The maximum Gasteiger partial charge on any atom is 0.253 e. The lowest BCUT2D eigenvalue weighted by molar-refractivity contribution is 0.0709. The zero-order valence-electron chi connectivity index (χ0n) is 10.2. The van der Waals surface area contributed by atoms with Gasteiger partial charge in [-0.1, -0.05) is 23.2 Å². The van der Waals surface area contributed by atoms with Crippen molar-refractivity contribution in [1.29, 1.82) is 0 Å². The van der Waals surface area contributed by atoms with Gasteiger partial charge in [0.2, 0.25) is 0 Å². The molecule has 6 heteroatoms. The number of hydrogen-bond acceptors (Lipinski definition) is 2. The number of amides is 1. The predicted molar refractivity (Wildman–Crippen MR) is 69.6 cm³/mol. The minimum absolute atomic E-state index is 0.0210. The summed E-state index contributed by atoms with van der Waals surface area (Å²) in [7, 11) is 0. The van der Waals surface area contributed by atoms with Crippen LogP contribution in [0.25, 0.3) is 0 Å². The highest BCUT2D eigenvalue weighted by Gasteiger charge is 2.27. The number of rotatable bonds is 3. The van der Waals surface area contributed by atoms with Gasteiger partial charge in [-0.15, -0.1) is 0 Å². The summed E-state index contributed by atoms with van der Waals surface area (Å²) in [5.74, 6) is -1.29. The van der Waals surface area contributed by atoms with Gasteiger partial charge in [0.05, 0.1) is 27.3 Å². The summed E-state index contributed by atoms with van der Waals surface area (Å²) in [5, 5.41) is 12.0. The summed E-state index contributed by atoms with van der Waals surface area (Å²) in [6.45, 7) is 4.84. The molecule has 0 bridgehead atoms. The summed E-state index contributed by atoms with van der Waals surface area (Å²) in [5.41, 5.74) is -0.872. The van der Waals surface area contributed by atoms with Gasteiger partial charge < -0.3 is 10.4 Å². The second-order valence-corrected chi connectivity index (χ2v) is 5.41. The minimum atomic E-state index is -0.851. The second-order valence-electron chi connectivity index (χ2n) is 4.60. The van der Waals surface area contributed by atoms with Crippen LogP contribution in [0, 0.1) is 5.82 Å². The Balaban J connectivity index is 3.02. The normalized spacial score (nSPS) is 13.3. The van der Waals surface area contributed by atoms with Crippen molar-refractivity contribution in [3.05, 3.63) is 33.6 Å². The average Bonchev–Trinajstić information content (AvgIpc) is 2.22. The summed E-state index contributed by atoms with van der Waals surface area (Å²) < 4.78 is 13.3. The van der Waals surface area contributed by atoms with E-state index in [4.69, 9.17) is 23.2 Å². The van der Waals surface area contributed by atoms with Gasteiger partial charge in [0.1, 0.15) is 5.82 Å². The summed E-state index contributed by atoms with van der Waals surface area (Å²) in [4.78, 5) is 11.9. The quantitative estimate of drug-likeness (QED) is 0.842. The molecule has 18 heavy (non-hydrogen) atoms. The molecule has 0 saturated carbocycles. The number of hydrogen-bond donors (Lipinski definition) is 2. The fraction of sp³-hybridized carbons (Fsp3) is 0.417. The molecule has 3 nitrogen and oxygen atoms in total. The minimum Gasteiger partial charge on any atom is -0.391 e. The van der Waals surface area contributed by atoms with Crippen LogP contribution >= 0.6 is 23.2 Å². The molecule has 100 valence electrons. The lowest BCUT2D eigenvalue weighted by Gasteiger charge is -2.29. The van der Waals surface area contributed by atoms with Crippen LogP contribution in [-0.4, -0.2) is 22.7 Å². The van der Waals surface area contributed by atoms with Crippen molar-refractivity contribution in [2.24, 2.45) is 0 Å². The Morgan fingerprint density at radius 3 is 2.44 bits per heavy atom. The van der Waals surface area contributed by atoms with Crippen LogP contribution in [0.15, 0.2) is 12.1 Å². The highest BCUT2D eigenvalue weighted by Crippen LogP contribution is 2.25. The standard InChI is InChI=1S/C12H14Cl2FNO2/c1-6(17)12(2,3)16-11(18)7-4-10(15)9(14)5-8(7)13/h4-6,17H,1-3H3,(H,16,18). The molecule has 0 aliphatic heterocycles. The van der Waals surface area contributed by atoms with Gasteiger partial charge in [0, 0.05) is 0 Å². The Hall–Kier alpha value is -0.840. The van der Waals surface area contributed by atoms with Crippen LogP contribution in [0.3, 0.4) is 0 Å². The smallest absolute Gasteiger partial charge is 0.253 e. The van der Waals surface area contributed by atoms with E-state index in [1.807, 2.05) is 0 Å². The number of nitrogens with one attached hydrogen (secondary N) is 1. The number of aliphatic hydroxyl groups excluding tert-OH is 1. The van der Waals surface area contributed by atoms with Crippen LogP contribution in [0.4, 0.5) is 4.39 Å². The van der Waals surface area contributed by atoms with E-state index in [1.165, 1.54) is 6.07 Å². The van der Waals surface area contributed by atoms with Crippen molar-refractivity contribution < 1.29 is 14.3 Å². The van der Waals surface area contributed by atoms with Crippen molar-refractivity contribution >= 4 is 29.1 Å². The third-order valence-corrected chi connectivity index (χ3v) is 3.34. The molecule has 0 aliphatic carbocycles. The van der Waals surface area contributed by atoms with Gasteiger partial charge in [0.25, 0.3) is 5.91 Å². The molecule has 0 aliphatic rings. The molecule has 2 N–H and O–H groups in total. The first-order valence-electron chi connectivity index (χ1n) is 5.30. The highest BCUT2D eigenvalue weighted by atomic mass is 35.5. The summed E-state index contributed by atoms with van der Waals surface area (Å²) >= 11 is 11.4. The third kappa shape index (κ3) is 3.34. The SMILES string of the molecule is CC(O)C(C)(C)NC(=O)c1cc(F)c(Cl)cc1Cl. The predicted octanol–water partition coefficient (Wildman–Crippen LogP) is 3.02. The maximum atomic E-state index is 13.3. The fourth-order valence-electron chi connectivity index (χ4n) is 1.16.